The quantitative estimate of drug-likeness (QED) is 0.908. The zero-order valence-corrected chi connectivity index (χ0v) is 12.6. The molecule has 2 heterocycles. The molecule has 19 heavy (non-hydrogen) atoms. The molecule has 2 aromatic rings. The fourth-order valence-electron chi connectivity index (χ4n) is 2.38. The molecule has 3 rings (SSSR count). The minimum atomic E-state index is -0.100. The van der Waals surface area contributed by atoms with Crippen LogP contribution >= 0.6 is 27.3 Å². The standard InChI is InChI=1S/C14H13BrN2OS/c15-9-4-5-12(16-8-9)14(18)17-11-2-1-3-13-10(11)6-7-19-13/h4-8,11H,1-3H2,(H,17,18). The maximum absolute atomic E-state index is 12.2. The van der Waals surface area contributed by atoms with Crippen molar-refractivity contribution in [3.8, 4) is 0 Å². The molecule has 1 amide bonds. The minimum Gasteiger partial charge on any atom is -0.344 e. The summed E-state index contributed by atoms with van der Waals surface area (Å²) in [7, 11) is 0. The largest absolute Gasteiger partial charge is 0.344 e. The summed E-state index contributed by atoms with van der Waals surface area (Å²) in [6.07, 6.45) is 4.92. The van der Waals surface area contributed by atoms with Gasteiger partial charge in [0.05, 0.1) is 6.04 Å². The molecule has 0 bridgehead atoms. The van der Waals surface area contributed by atoms with Crippen molar-refractivity contribution in [1.29, 1.82) is 0 Å². The number of fused-ring (bicyclic) bond motifs is 1. The maximum Gasteiger partial charge on any atom is 0.270 e. The summed E-state index contributed by atoms with van der Waals surface area (Å²) in [5.74, 6) is -0.100. The van der Waals surface area contributed by atoms with Crippen LogP contribution in [0.2, 0.25) is 0 Å². The average Bonchev–Trinajstić information content (AvgIpc) is 2.89. The van der Waals surface area contributed by atoms with Gasteiger partial charge in [-0.3, -0.25) is 4.79 Å². The lowest BCUT2D eigenvalue weighted by Gasteiger charge is -2.23. The van der Waals surface area contributed by atoms with Crippen LogP contribution in [0.25, 0.3) is 0 Å². The van der Waals surface area contributed by atoms with Crippen LogP contribution in [0.5, 0.6) is 0 Å². The van der Waals surface area contributed by atoms with Gasteiger partial charge in [-0.2, -0.15) is 0 Å². The lowest BCUT2D eigenvalue weighted by molar-refractivity contribution is 0.0928. The monoisotopic (exact) mass is 336 g/mol. The molecule has 0 saturated heterocycles. The topological polar surface area (TPSA) is 42.0 Å². The number of hydrogen-bond donors (Lipinski definition) is 1. The van der Waals surface area contributed by atoms with Crippen molar-refractivity contribution in [2.75, 3.05) is 0 Å². The molecule has 0 saturated carbocycles. The van der Waals surface area contributed by atoms with Crippen molar-refractivity contribution in [3.63, 3.8) is 0 Å². The van der Waals surface area contributed by atoms with E-state index in [0.29, 0.717) is 5.69 Å². The van der Waals surface area contributed by atoms with Gasteiger partial charge in [0, 0.05) is 15.5 Å². The molecule has 1 aliphatic carbocycles. The first-order valence-corrected chi connectivity index (χ1v) is 7.90. The predicted octanol–water partition coefficient (Wildman–Crippen LogP) is 3.71. The summed E-state index contributed by atoms with van der Waals surface area (Å²) < 4.78 is 0.877. The lowest BCUT2D eigenvalue weighted by Crippen LogP contribution is -2.30. The predicted molar refractivity (Wildman–Crippen MR) is 79.4 cm³/mol. The van der Waals surface area contributed by atoms with Gasteiger partial charge in [-0.05, 0) is 64.3 Å². The van der Waals surface area contributed by atoms with Crippen molar-refractivity contribution in [2.24, 2.45) is 0 Å². The zero-order chi connectivity index (χ0) is 13.2. The third kappa shape index (κ3) is 2.72. The Bertz CT molecular complexity index is 594. The van der Waals surface area contributed by atoms with Crippen molar-refractivity contribution < 1.29 is 4.79 Å². The number of nitrogens with zero attached hydrogens (tertiary/aromatic N) is 1. The van der Waals surface area contributed by atoms with Crippen LogP contribution in [0.4, 0.5) is 0 Å². The van der Waals surface area contributed by atoms with E-state index < -0.39 is 0 Å². The molecule has 0 aliphatic heterocycles. The Labute approximate surface area is 124 Å². The van der Waals surface area contributed by atoms with Crippen LogP contribution in [0.15, 0.2) is 34.2 Å². The van der Waals surface area contributed by atoms with E-state index >= 15 is 0 Å². The molecule has 5 heteroatoms. The number of rotatable bonds is 2. The van der Waals surface area contributed by atoms with E-state index in [0.717, 1.165) is 23.7 Å². The molecule has 0 aromatic carbocycles. The molecular formula is C14H13BrN2OS. The summed E-state index contributed by atoms with van der Waals surface area (Å²) in [4.78, 5) is 17.7. The molecule has 0 radical (unpaired) electrons. The van der Waals surface area contributed by atoms with E-state index in [4.69, 9.17) is 0 Å². The second kappa shape index (κ2) is 5.43. The zero-order valence-electron chi connectivity index (χ0n) is 10.2. The van der Waals surface area contributed by atoms with Crippen LogP contribution in [0.3, 0.4) is 0 Å². The highest BCUT2D eigenvalue weighted by Crippen LogP contribution is 2.33. The second-order valence-electron chi connectivity index (χ2n) is 4.58. The third-order valence-corrected chi connectivity index (χ3v) is 4.78. The summed E-state index contributed by atoms with van der Waals surface area (Å²) in [5, 5.41) is 5.19. The van der Waals surface area contributed by atoms with Gasteiger partial charge in [-0.25, -0.2) is 4.98 Å². The summed E-state index contributed by atoms with van der Waals surface area (Å²) in [5.41, 5.74) is 1.74. The molecule has 1 N–H and O–H groups in total. The smallest absolute Gasteiger partial charge is 0.270 e. The lowest BCUT2D eigenvalue weighted by atomic mass is 9.94. The number of amides is 1. The van der Waals surface area contributed by atoms with E-state index in [2.05, 4.69) is 37.7 Å². The Hall–Kier alpha value is -1.20. The number of thiophene rings is 1. The first-order chi connectivity index (χ1) is 9.24. The Kier molecular flexibility index (Phi) is 3.66. The van der Waals surface area contributed by atoms with Gasteiger partial charge in [0.25, 0.3) is 5.91 Å². The number of carbonyl (C=O) groups excluding carboxylic acids is 1. The number of hydrogen-bond acceptors (Lipinski definition) is 3. The number of aryl methyl sites for hydroxylation is 1. The van der Waals surface area contributed by atoms with Gasteiger partial charge in [0.1, 0.15) is 5.69 Å². The summed E-state index contributed by atoms with van der Waals surface area (Å²) >= 11 is 5.10. The highest BCUT2D eigenvalue weighted by molar-refractivity contribution is 9.10. The van der Waals surface area contributed by atoms with Crippen molar-refractivity contribution in [3.05, 3.63) is 50.4 Å². The van der Waals surface area contributed by atoms with Crippen molar-refractivity contribution >= 4 is 33.2 Å². The van der Waals surface area contributed by atoms with Crippen molar-refractivity contribution in [1.82, 2.24) is 10.3 Å². The average molecular weight is 337 g/mol. The molecule has 1 aliphatic rings. The molecule has 2 aromatic heterocycles. The Balaban J connectivity index is 1.76. The van der Waals surface area contributed by atoms with E-state index in [1.165, 1.54) is 10.4 Å². The molecule has 98 valence electrons. The van der Waals surface area contributed by atoms with Crippen LogP contribution in [-0.2, 0) is 6.42 Å². The molecule has 1 unspecified atom stereocenters. The number of carbonyl (C=O) groups is 1. The van der Waals surface area contributed by atoms with E-state index in [1.54, 1.807) is 23.6 Å². The van der Waals surface area contributed by atoms with Crippen LogP contribution in [0, 0.1) is 0 Å². The number of pyridine rings is 1. The highest BCUT2D eigenvalue weighted by atomic mass is 79.9. The van der Waals surface area contributed by atoms with Gasteiger partial charge in [-0.1, -0.05) is 0 Å². The second-order valence-corrected chi connectivity index (χ2v) is 6.50. The van der Waals surface area contributed by atoms with Gasteiger partial charge in [0.2, 0.25) is 0 Å². The van der Waals surface area contributed by atoms with E-state index in [9.17, 15) is 4.79 Å². The molecule has 1 atom stereocenters. The molecular weight excluding hydrogens is 324 g/mol. The Morgan fingerprint density at radius 3 is 3.11 bits per heavy atom. The van der Waals surface area contributed by atoms with Crippen LogP contribution < -0.4 is 5.32 Å². The van der Waals surface area contributed by atoms with Gasteiger partial charge < -0.3 is 5.32 Å². The number of nitrogens with one attached hydrogen (secondary N) is 1. The Morgan fingerprint density at radius 1 is 1.42 bits per heavy atom. The van der Waals surface area contributed by atoms with Crippen LogP contribution in [-0.4, -0.2) is 10.9 Å². The minimum absolute atomic E-state index is 0.100. The SMILES string of the molecule is O=C(NC1CCCc2sccc21)c1ccc(Br)cn1. The first-order valence-electron chi connectivity index (χ1n) is 6.23. The Morgan fingerprint density at radius 2 is 2.32 bits per heavy atom. The fourth-order valence-corrected chi connectivity index (χ4v) is 3.60. The van der Waals surface area contributed by atoms with Crippen molar-refractivity contribution in [2.45, 2.75) is 25.3 Å². The number of aromatic nitrogens is 1. The summed E-state index contributed by atoms with van der Waals surface area (Å²) in [6, 6.07) is 5.82. The molecule has 0 fully saturated rings. The van der Waals surface area contributed by atoms with Gasteiger partial charge in [-0.15, -0.1) is 11.3 Å². The van der Waals surface area contributed by atoms with Gasteiger partial charge in [0.15, 0.2) is 0 Å². The first kappa shape index (κ1) is 12.8. The fraction of sp³-hybridized carbons (Fsp3) is 0.286. The van der Waals surface area contributed by atoms with E-state index in [1.807, 2.05) is 6.07 Å². The third-order valence-electron chi connectivity index (χ3n) is 3.32. The normalized spacial score (nSPS) is 17.8. The van der Waals surface area contributed by atoms with Gasteiger partial charge >= 0.3 is 0 Å². The molecule has 0 spiro atoms. The molecule has 3 nitrogen and oxygen atoms in total. The summed E-state index contributed by atoms with van der Waals surface area (Å²) in [6.45, 7) is 0. The van der Waals surface area contributed by atoms with Crippen LogP contribution in [0.1, 0.15) is 39.8 Å². The maximum atomic E-state index is 12.2. The highest BCUT2D eigenvalue weighted by Gasteiger charge is 2.23. The number of halogens is 1. The van der Waals surface area contributed by atoms with E-state index in [-0.39, 0.29) is 11.9 Å².